The molecular weight excluding hydrogens is 386 g/mol. The highest BCUT2D eigenvalue weighted by Crippen LogP contribution is 2.32. The molecule has 0 saturated carbocycles. The summed E-state index contributed by atoms with van der Waals surface area (Å²) in [5.74, 6) is 0.332. The quantitative estimate of drug-likeness (QED) is 0.522. The molecule has 1 saturated heterocycles. The zero-order valence-corrected chi connectivity index (χ0v) is 16.3. The van der Waals surface area contributed by atoms with Gasteiger partial charge in [-0.1, -0.05) is 28.9 Å². The number of hydrogen-bond donors (Lipinski definition) is 1. The molecule has 4 heterocycles. The molecule has 1 N–H and O–H groups in total. The number of aromatic amines is 1. The molecule has 29 heavy (non-hydrogen) atoms. The molecule has 4 aromatic rings. The van der Waals surface area contributed by atoms with Crippen LogP contribution in [0, 0.1) is 11.3 Å². The Morgan fingerprint density at radius 1 is 1.21 bits per heavy atom. The molecule has 1 fully saturated rings. The Hall–Kier alpha value is -3.37. The highest BCUT2D eigenvalue weighted by molar-refractivity contribution is 6.30. The zero-order valence-electron chi connectivity index (χ0n) is 15.6. The smallest absolute Gasteiger partial charge is 0.141 e. The molecule has 5 rings (SSSR count). The Morgan fingerprint density at radius 3 is 2.76 bits per heavy atom. The Labute approximate surface area is 172 Å². The highest BCUT2D eigenvalue weighted by Gasteiger charge is 2.25. The minimum Gasteiger partial charge on any atom is -0.376 e. The van der Waals surface area contributed by atoms with E-state index in [0.29, 0.717) is 16.5 Å². The molecule has 0 radical (unpaired) electrons. The summed E-state index contributed by atoms with van der Waals surface area (Å²) in [7, 11) is 0. The minimum atomic E-state index is 0.332. The molecule has 7 nitrogen and oxygen atoms in total. The van der Waals surface area contributed by atoms with Gasteiger partial charge in [0, 0.05) is 41.8 Å². The van der Waals surface area contributed by atoms with E-state index in [1.165, 1.54) is 0 Å². The van der Waals surface area contributed by atoms with Crippen molar-refractivity contribution in [1.29, 1.82) is 5.26 Å². The van der Waals surface area contributed by atoms with Gasteiger partial charge in [0.25, 0.3) is 0 Å². The van der Waals surface area contributed by atoms with Crippen molar-refractivity contribution >= 4 is 33.7 Å². The van der Waals surface area contributed by atoms with Gasteiger partial charge < -0.3 is 9.88 Å². The molecular formula is C21H18ClN7. The van der Waals surface area contributed by atoms with E-state index in [1.54, 1.807) is 10.8 Å². The summed E-state index contributed by atoms with van der Waals surface area (Å²) in [5.41, 5.74) is 4.44. The van der Waals surface area contributed by atoms with E-state index in [2.05, 4.69) is 31.2 Å². The molecule has 1 aliphatic heterocycles. The van der Waals surface area contributed by atoms with Crippen LogP contribution in [0.25, 0.3) is 22.1 Å². The van der Waals surface area contributed by atoms with Crippen molar-refractivity contribution in [3.63, 3.8) is 0 Å². The number of aromatic nitrogens is 5. The van der Waals surface area contributed by atoms with Crippen LogP contribution in [-0.2, 0) is 0 Å². The molecule has 0 spiro atoms. The second-order valence-electron chi connectivity index (χ2n) is 7.22. The molecule has 0 unspecified atom stereocenters. The van der Waals surface area contributed by atoms with Crippen molar-refractivity contribution in [1.82, 2.24) is 29.7 Å². The molecule has 0 bridgehead atoms. The van der Waals surface area contributed by atoms with Crippen molar-refractivity contribution in [2.75, 3.05) is 13.1 Å². The van der Waals surface area contributed by atoms with E-state index in [9.17, 15) is 5.26 Å². The normalized spacial score (nSPS) is 15.9. The van der Waals surface area contributed by atoms with Gasteiger partial charge in [-0.25, -0.2) is 9.50 Å². The van der Waals surface area contributed by atoms with Crippen molar-refractivity contribution < 1.29 is 0 Å². The third kappa shape index (κ3) is 3.22. The van der Waals surface area contributed by atoms with Gasteiger partial charge in [0.1, 0.15) is 23.6 Å². The van der Waals surface area contributed by atoms with Crippen LogP contribution >= 0.6 is 11.6 Å². The summed E-state index contributed by atoms with van der Waals surface area (Å²) < 4.78 is 1.76. The molecule has 8 heteroatoms. The maximum absolute atomic E-state index is 9.57. The Kier molecular flexibility index (Phi) is 4.41. The third-order valence-corrected chi connectivity index (χ3v) is 5.75. The minimum absolute atomic E-state index is 0.332. The molecule has 0 amide bonds. The third-order valence-electron chi connectivity index (χ3n) is 5.50. The SMILES string of the molecule is N#C/C(=C\N1CCC(c2nnn3cnc4[nH]ccc4c23)CC1)c1ccc(Cl)cc1. The van der Waals surface area contributed by atoms with Gasteiger partial charge in [-0.2, -0.15) is 5.26 Å². The van der Waals surface area contributed by atoms with Crippen LogP contribution in [0.3, 0.4) is 0 Å². The van der Waals surface area contributed by atoms with Gasteiger partial charge in [0.2, 0.25) is 0 Å². The summed E-state index contributed by atoms with van der Waals surface area (Å²) in [6.07, 6.45) is 7.46. The van der Waals surface area contributed by atoms with E-state index in [0.717, 1.165) is 53.7 Å². The number of H-pyrrole nitrogens is 1. The molecule has 144 valence electrons. The average molecular weight is 404 g/mol. The fraction of sp³-hybridized carbons (Fsp3) is 0.238. The van der Waals surface area contributed by atoms with Crippen LogP contribution in [0.4, 0.5) is 0 Å². The van der Waals surface area contributed by atoms with Gasteiger partial charge in [0.05, 0.1) is 11.3 Å². The first-order valence-electron chi connectivity index (χ1n) is 9.52. The van der Waals surface area contributed by atoms with E-state index in [1.807, 2.05) is 42.7 Å². The lowest BCUT2D eigenvalue weighted by atomic mass is 9.92. The van der Waals surface area contributed by atoms with Crippen molar-refractivity contribution in [3.05, 3.63) is 65.3 Å². The standard InChI is InChI=1S/C21H18ClN7/c22-17-3-1-14(2-4-17)16(11-23)12-28-9-6-15(7-10-28)19-20-18-5-8-24-21(18)25-13-29(20)27-26-19/h1-5,8,12-13,15,24H,6-7,9-10H2/b16-12+. The number of piperidine rings is 1. The maximum Gasteiger partial charge on any atom is 0.141 e. The van der Waals surface area contributed by atoms with Gasteiger partial charge in [-0.3, -0.25) is 0 Å². The topological polar surface area (TPSA) is 85.9 Å². The molecule has 0 atom stereocenters. The predicted molar refractivity (Wildman–Crippen MR) is 111 cm³/mol. The zero-order chi connectivity index (χ0) is 19.8. The van der Waals surface area contributed by atoms with E-state index in [-0.39, 0.29) is 0 Å². The first kappa shape index (κ1) is 17.7. The number of rotatable bonds is 3. The Bertz CT molecular complexity index is 1240. The lowest BCUT2D eigenvalue weighted by Gasteiger charge is -2.30. The predicted octanol–water partition coefficient (Wildman–Crippen LogP) is 4.00. The van der Waals surface area contributed by atoms with E-state index in [4.69, 9.17) is 11.6 Å². The van der Waals surface area contributed by atoms with Crippen molar-refractivity contribution in [2.45, 2.75) is 18.8 Å². The summed E-state index contributed by atoms with van der Waals surface area (Å²) >= 11 is 5.96. The van der Waals surface area contributed by atoms with Crippen LogP contribution in [-0.4, -0.2) is 42.8 Å². The van der Waals surface area contributed by atoms with Crippen LogP contribution in [0.5, 0.6) is 0 Å². The number of allylic oxidation sites excluding steroid dienone is 1. The number of nitrogens with zero attached hydrogens (tertiary/aromatic N) is 6. The fourth-order valence-electron chi connectivity index (χ4n) is 3.98. The summed E-state index contributed by atoms with van der Waals surface area (Å²) in [6, 6.07) is 11.7. The number of benzene rings is 1. The monoisotopic (exact) mass is 403 g/mol. The Morgan fingerprint density at radius 2 is 2.00 bits per heavy atom. The number of hydrogen-bond acceptors (Lipinski definition) is 5. The van der Waals surface area contributed by atoms with Gasteiger partial charge in [-0.05, 0) is 36.6 Å². The van der Waals surface area contributed by atoms with E-state index < -0.39 is 0 Å². The second kappa shape index (κ2) is 7.22. The van der Waals surface area contributed by atoms with Crippen LogP contribution < -0.4 is 0 Å². The second-order valence-corrected chi connectivity index (χ2v) is 7.66. The first-order chi connectivity index (χ1) is 14.2. The number of nitriles is 1. The van der Waals surface area contributed by atoms with Crippen molar-refractivity contribution in [2.24, 2.45) is 0 Å². The largest absolute Gasteiger partial charge is 0.376 e. The molecule has 0 aliphatic carbocycles. The van der Waals surface area contributed by atoms with Gasteiger partial charge >= 0.3 is 0 Å². The summed E-state index contributed by atoms with van der Waals surface area (Å²) in [6.45, 7) is 1.73. The first-order valence-corrected chi connectivity index (χ1v) is 9.89. The summed E-state index contributed by atoms with van der Waals surface area (Å²) in [5, 5.41) is 20.0. The van der Waals surface area contributed by atoms with Crippen molar-refractivity contribution in [3.8, 4) is 6.07 Å². The average Bonchev–Trinajstić information content (AvgIpc) is 3.39. The lowest BCUT2D eigenvalue weighted by Crippen LogP contribution is -2.29. The van der Waals surface area contributed by atoms with E-state index >= 15 is 0 Å². The number of nitrogens with one attached hydrogen (secondary N) is 1. The fourth-order valence-corrected chi connectivity index (χ4v) is 4.10. The van der Waals surface area contributed by atoms with Gasteiger partial charge in [-0.15, -0.1) is 5.10 Å². The molecule has 1 aliphatic rings. The maximum atomic E-state index is 9.57. The van der Waals surface area contributed by atoms with Crippen LogP contribution in [0.1, 0.15) is 30.0 Å². The highest BCUT2D eigenvalue weighted by atomic mass is 35.5. The molecule has 3 aromatic heterocycles. The number of halogens is 1. The van der Waals surface area contributed by atoms with Gasteiger partial charge in [0.15, 0.2) is 0 Å². The lowest BCUT2D eigenvalue weighted by molar-refractivity contribution is 0.283. The number of likely N-dealkylation sites (tertiary alicyclic amines) is 1. The number of fused-ring (bicyclic) bond motifs is 3. The van der Waals surface area contributed by atoms with Crippen LogP contribution in [0.2, 0.25) is 5.02 Å². The summed E-state index contributed by atoms with van der Waals surface area (Å²) in [4.78, 5) is 9.73. The Balaban J connectivity index is 1.37. The molecule has 1 aromatic carbocycles. The van der Waals surface area contributed by atoms with Crippen LogP contribution in [0.15, 0.2) is 49.1 Å².